The summed E-state index contributed by atoms with van der Waals surface area (Å²) in [5.41, 5.74) is 0.538. The van der Waals surface area contributed by atoms with Gasteiger partial charge in [0.2, 0.25) is 0 Å². The third kappa shape index (κ3) is 2.04. The Kier molecular flexibility index (Phi) is 3.48. The number of nitrogens with zero attached hydrogens (tertiary/aromatic N) is 1. The Morgan fingerprint density at radius 2 is 2.11 bits per heavy atom. The zero-order valence-corrected chi connectivity index (χ0v) is 11.0. The van der Waals surface area contributed by atoms with Gasteiger partial charge in [-0.2, -0.15) is 0 Å². The van der Waals surface area contributed by atoms with E-state index >= 15 is 0 Å². The molecule has 18 heavy (non-hydrogen) atoms. The third-order valence-corrected chi connectivity index (χ3v) is 3.29. The zero-order valence-electron chi connectivity index (χ0n) is 9.37. The second-order valence-electron chi connectivity index (χ2n) is 3.88. The number of Topliss-reactive ketones (excluding diaryl/α,β-unsaturated/α-hetero) is 1. The fraction of sp³-hybridized carbons (Fsp3) is 0.231. The molecule has 1 aliphatic heterocycles. The van der Waals surface area contributed by atoms with Gasteiger partial charge in [0.25, 0.3) is 11.7 Å². The summed E-state index contributed by atoms with van der Waals surface area (Å²) in [6, 6.07) is 2.32. The van der Waals surface area contributed by atoms with Gasteiger partial charge < -0.3 is 4.90 Å². The highest BCUT2D eigenvalue weighted by Gasteiger charge is 2.37. The highest BCUT2D eigenvalue weighted by molar-refractivity contribution is 9.10. The number of hydrogen-bond donors (Lipinski definition) is 0. The summed E-state index contributed by atoms with van der Waals surface area (Å²) >= 11 is 3.18. The first-order valence-electron chi connectivity index (χ1n) is 5.35. The minimum Gasteiger partial charge on any atom is -0.304 e. The molecule has 1 aliphatic rings. The molecule has 0 bridgehead atoms. The van der Waals surface area contributed by atoms with Crippen LogP contribution < -0.4 is 4.90 Å². The molecule has 0 spiro atoms. The standard InChI is InChI=1S/C13H9BrFNO2/c1-2-3-4-5-16-11-9(12(17)13(16)18)6-8(15)7-10(11)14/h1,6-7H,3-5H2. The van der Waals surface area contributed by atoms with E-state index in [9.17, 15) is 14.0 Å². The Morgan fingerprint density at radius 1 is 1.39 bits per heavy atom. The van der Waals surface area contributed by atoms with Gasteiger partial charge in [-0.3, -0.25) is 9.59 Å². The van der Waals surface area contributed by atoms with Crippen LogP contribution in [0.15, 0.2) is 16.6 Å². The molecule has 0 saturated carbocycles. The number of fused-ring (bicyclic) bond motifs is 1. The van der Waals surface area contributed by atoms with E-state index in [0.29, 0.717) is 29.5 Å². The summed E-state index contributed by atoms with van der Waals surface area (Å²) in [5.74, 6) is 0.616. The minimum atomic E-state index is -0.675. The minimum absolute atomic E-state index is 0.104. The van der Waals surface area contributed by atoms with Crippen molar-refractivity contribution >= 4 is 33.3 Å². The number of rotatable bonds is 3. The number of ketones is 1. The summed E-state index contributed by atoms with van der Waals surface area (Å²) in [5, 5.41) is 0. The molecule has 5 heteroatoms. The van der Waals surface area contributed by atoms with Crippen molar-refractivity contribution in [2.75, 3.05) is 11.4 Å². The van der Waals surface area contributed by atoms with E-state index < -0.39 is 17.5 Å². The van der Waals surface area contributed by atoms with Crippen LogP contribution in [0.2, 0.25) is 0 Å². The van der Waals surface area contributed by atoms with Crippen LogP contribution in [0.5, 0.6) is 0 Å². The number of benzene rings is 1. The van der Waals surface area contributed by atoms with Crippen LogP contribution in [-0.4, -0.2) is 18.2 Å². The molecule has 3 nitrogen and oxygen atoms in total. The normalized spacial score (nSPS) is 13.7. The molecule has 0 fully saturated rings. The summed E-state index contributed by atoms with van der Waals surface area (Å²) in [7, 11) is 0. The molecule has 1 aromatic carbocycles. The molecule has 0 atom stereocenters. The van der Waals surface area contributed by atoms with E-state index in [1.807, 2.05) is 0 Å². The number of anilines is 1. The smallest absolute Gasteiger partial charge is 0.299 e. The number of terminal acetylenes is 1. The predicted molar refractivity (Wildman–Crippen MR) is 68.9 cm³/mol. The number of unbranched alkanes of at least 4 members (excludes halogenated alkanes) is 1. The molecule has 0 radical (unpaired) electrons. The maximum absolute atomic E-state index is 13.2. The lowest BCUT2D eigenvalue weighted by molar-refractivity contribution is -0.114. The van der Waals surface area contributed by atoms with Gasteiger partial charge in [0, 0.05) is 17.4 Å². The van der Waals surface area contributed by atoms with Crippen molar-refractivity contribution < 1.29 is 14.0 Å². The van der Waals surface area contributed by atoms with E-state index in [2.05, 4.69) is 21.9 Å². The Balaban J connectivity index is 2.39. The van der Waals surface area contributed by atoms with Crippen LogP contribution in [0, 0.1) is 18.2 Å². The lowest BCUT2D eigenvalue weighted by Crippen LogP contribution is -2.30. The summed E-state index contributed by atoms with van der Waals surface area (Å²) in [6.45, 7) is 0.353. The molecule has 1 amide bonds. The first-order valence-corrected chi connectivity index (χ1v) is 6.14. The topological polar surface area (TPSA) is 37.4 Å². The fourth-order valence-electron chi connectivity index (χ4n) is 1.91. The van der Waals surface area contributed by atoms with Crippen LogP contribution in [0.4, 0.5) is 10.1 Å². The van der Waals surface area contributed by atoms with Gasteiger partial charge in [-0.15, -0.1) is 12.3 Å². The molecule has 1 heterocycles. The van der Waals surface area contributed by atoms with Gasteiger partial charge in [-0.05, 0) is 34.5 Å². The van der Waals surface area contributed by atoms with Crippen LogP contribution in [0.3, 0.4) is 0 Å². The second kappa shape index (κ2) is 4.91. The maximum atomic E-state index is 13.2. The molecule has 0 N–H and O–H groups in total. The van der Waals surface area contributed by atoms with E-state index in [0.717, 1.165) is 6.07 Å². The molecule has 1 aromatic rings. The second-order valence-corrected chi connectivity index (χ2v) is 4.73. The molecular formula is C13H9BrFNO2. The SMILES string of the molecule is C#CCCCN1C(=O)C(=O)c2cc(F)cc(Br)c21. The Bertz CT molecular complexity index is 577. The molecule has 92 valence electrons. The van der Waals surface area contributed by atoms with Gasteiger partial charge >= 0.3 is 0 Å². The number of amides is 1. The van der Waals surface area contributed by atoms with Crippen molar-refractivity contribution in [3.8, 4) is 12.3 Å². The lowest BCUT2D eigenvalue weighted by atomic mass is 10.1. The fourth-order valence-corrected chi connectivity index (χ4v) is 2.55. The van der Waals surface area contributed by atoms with Gasteiger partial charge in [0.1, 0.15) is 5.82 Å². The summed E-state index contributed by atoms with van der Waals surface area (Å²) in [6.07, 6.45) is 6.26. The first-order chi connectivity index (χ1) is 8.56. The van der Waals surface area contributed by atoms with Gasteiger partial charge in [0.15, 0.2) is 0 Å². The van der Waals surface area contributed by atoms with Crippen molar-refractivity contribution in [1.29, 1.82) is 0 Å². The van der Waals surface area contributed by atoms with Gasteiger partial charge in [0.05, 0.1) is 11.3 Å². The summed E-state index contributed by atoms with van der Waals surface area (Å²) in [4.78, 5) is 24.9. The number of carbonyl (C=O) groups is 2. The molecule has 0 saturated heterocycles. The Morgan fingerprint density at radius 3 is 2.78 bits per heavy atom. The molecule has 0 unspecified atom stereocenters. The highest BCUT2D eigenvalue weighted by atomic mass is 79.9. The van der Waals surface area contributed by atoms with Crippen LogP contribution in [-0.2, 0) is 4.79 Å². The monoisotopic (exact) mass is 309 g/mol. The van der Waals surface area contributed by atoms with Crippen molar-refractivity contribution in [2.45, 2.75) is 12.8 Å². The molecule has 0 aliphatic carbocycles. The molecule has 0 aromatic heterocycles. The maximum Gasteiger partial charge on any atom is 0.299 e. The Labute approximate surface area is 112 Å². The average Bonchev–Trinajstić information content (AvgIpc) is 2.55. The van der Waals surface area contributed by atoms with Crippen LogP contribution in [0.25, 0.3) is 0 Å². The van der Waals surface area contributed by atoms with E-state index in [4.69, 9.17) is 6.42 Å². The molecular weight excluding hydrogens is 301 g/mol. The van der Waals surface area contributed by atoms with E-state index in [-0.39, 0.29) is 5.56 Å². The summed E-state index contributed by atoms with van der Waals surface area (Å²) < 4.78 is 13.6. The van der Waals surface area contributed by atoms with E-state index in [1.165, 1.54) is 11.0 Å². The van der Waals surface area contributed by atoms with E-state index in [1.54, 1.807) is 0 Å². The van der Waals surface area contributed by atoms with Crippen molar-refractivity contribution in [3.63, 3.8) is 0 Å². The van der Waals surface area contributed by atoms with Gasteiger partial charge in [-0.25, -0.2) is 4.39 Å². The lowest BCUT2D eigenvalue weighted by Gasteiger charge is -2.17. The van der Waals surface area contributed by atoms with Gasteiger partial charge in [-0.1, -0.05) is 0 Å². The van der Waals surface area contributed by atoms with Crippen LogP contribution >= 0.6 is 15.9 Å². The van der Waals surface area contributed by atoms with Crippen molar-refractivity contribution in [2.24, 2.45) is 0 Å². The average molecular weight is 310 g/mol. The first kappa shape index (κ1) is 12.8. The number of hydrogen-bond acceptors (Lipinski definition) is 2. The molecule has 2 rings (SSSR count). The zero-order chi connectivity index (χ0) is 13.3. The van der Waals surface area contributed by atoms with Crippen LogP contribution in [0.1, 0.15) is 23.2 Å². The Hall–Kier alpha value is -1.67. The predicted octanol–water partition coefficient (Wildman–Crippen LogP) is 2.53. The number of carbonyl (C=O) groups excluding carboxylic acids is 2. The quantitative estimate of drug-likeness (QED) is 0.489. The van der Waals surface area contributed by atoms with Crippen molar-refractivity contribution in [1.82, 2.24) is 0 Å². The van der Waals surface area contributed by atoms with Crippen molar-refractivity contribution in [3.05, 3.63) is 28.0 Å². The third-order valence-electron chi connectivity index (χ3n) is 2.68. The number of halogens is 2. The highest BCUT2D eigenvalue weighted by Crippen LogP contribution is 2.36. The largest absolute Gasteiger partial charge is 0.304 e.